The molecule has 0 aromatic carbocycles. The third-order valence-corrected chi connectivity index (χ3v) is 1.99. The molecular weight excluding hydrogens is 128 g/mol. The van der Waals surface area contributed by atoms with Crippen LogP contribution < -0.4 is 0 Å². The van der Waals surface area contributed by atoms with E-state index in [0.717, 1.165) is 25.9 Å². The van der Waals surface area contributed by atoms with Crippen molar-refractivity contribution in [2.45, 2.75) is 26.2 Å². The van der Waals surface area contributed by atoms with Crippen LogP contribution in [0.5, 0.6) is 0 Å². The van der Waals surface area contributed by atoms with Gasteiger partial charge in [0.1, 0.15) is 5.78 Å². The maximum atomic E-state index is 10.9. The van der Waals surface area contributed by atoms with E-state index in [9.17, 15) is 4.79 Å². The Kier molecular flexibility index (Phi) is 2.87. The first-order valence-electron chi connectivity index (χ1n) is 3.89. The Morgan fingerprint density at radius 3 is 3.00 bits per heavy atom. The lowest BCUT2D eigenvalue weighted by atomic mass is 10.0. The largest absolute Gasteiger partial charge is 0.381 e. The second kappa shape index (κ2) is 3.71. The number of ketones is 1. The molecular formula is C8H14O2. The molecule has 58 valence electrons. The number of Topliss-reactive ketones (excluding diaryl/α,β-unsaturated/α-hetero) is 1. The van der Waals surface area contributed by atoms with Crippen LogP contribution in [-0.4, -0.2) is 19.0 Å². The normalized spacial score (nSPS) is 27.5. The van der Waals surface area contributed by atoms with Gasteiger partial charge in [0.15, 0.2) is 0 Å². The predicted molar refractivity (Wildman–Crippen MR) is 38.8 cm³/mol. The van der Waals surface area contributed by atoms with Gasteiger partial charge in [-0.2, -0.15) is 0 Å². The number of hydrogen-bond acceptors (Lipinski definition) is 2. The fourth-order valence-electron chi connectivity index (χ4n) is 1.22. The molecule has 0 aliphatic carbocycles. The Balaban J connectivity index is 2.35. The van der Waals surface area contributed by atoms with Gasteiger partial charge in [0.25, 0.3) is 0 Å². The third-order valence-electron chi connectivity index (χ3n) is 1.99. The van der Waals surface area contributed by atoms with Crippen molar-refractivity contribution in [1.82, 2.24) is 0 Å². The van der Waals surface area contributed by atoms with Crippen molar-refractivity contribution in [3.63, 3.8) is 0 Å². The second-order valence-electron chi connectivity index (χ2n) is 2.88. The predicted octanol–water partition coefficient (Wildman–Crippen LogP) is 1.39. The lowest BCUT2D eigenvalue weighted by Crippen LogP contribution is -2.15. The molecule has 1 atom stereocenters. The summed E-state index contributed by atoms with van der Waals surface area (Å²) in [7, 11) is 0. The van der Waals surface area contributed by atoms with Gasteiger partial charge in [-0.05, 0) is 19.8 Å². The summed E-state index contributed by atoms with van der Waals surface area (Å²) in [6, 6.07) is 0. The van der Waals surface area contributed by atoms with E-state index in [0.29, 0.717) is 6.61 Å². The highest BCUT2D eigenvalue weighted by molar-refractivity contribution is 5.78. The van der Waals surface area contributed by atoms with Crippen molar-refractivity contribution < 1.29 is 9.53 Å². The number of rotatable bonds is 1. The topological polar surface area (TPSA) is 26.3 Å². The average Bonchev–Trinajstić information content (AvgIpc) is 2.12. The summed E-state index contributed by atoms with van der Waals surface area (Å²) >= 11 is 0. The quantitative estimate of drug-likeness (QED) is 0.553. The third kappa shape index (κ3) is 2.10. The molecule has 1 heterocycles. The van der Waals surface area contributed by atoms with Crippen LogP contribution in [-0.2, 0) is 9.53 Å². The van der Waals surface area contributed by atoms with Crippen LogP contribution in [0.15, 0.2) is 0 Å². The summed E-state index contributed by atoms with van der Waals surface area (Å²) < 4.78 is 5.25. The van der Waals surface area contributed by atoms with Crippen molar-refractivity contribution in [1.29, 1.82) is 0 Å². The molecule has 0 spiro atoms. The molecule has 0 N–H and O–H groups in total. The first-order chi connectivity index (χ1) is 4.80. The smallest absolute Gasteiger partial charge is 0.135 e. The van der Waals surface area contributed by atoms with Crippen molar-refractivity contribution in [3.8, 4) is 0 Å². The molecule has 1 fully saturated rings. The summed E-state index contributed by atoms with van der Waals surface area (Å²) in [6.07, 6.45) is 3.28. The van der Waals surface area contributed by atoms with Crippen LogP contribution in [0.25, 0.3) is 0 Å². The Hall–Kier alpha value is -0.370. The Morgan fingerprint density at radius 2 is 2.30 bits per heavy atom. The molecule has 1 saturated heterocycles. The number of ether oxygens (including phenoxy) is 1. The van der Waals surface area contributed by atoms with Crippen LogP contribution in [0.4, 0.5) is 0 Å². The number of carbonyl (C=O) groups is 1. The molecule has 0 saturated carbocycles. The standard InChI is InChI=1S/C8H14O2/c1-7(9)8-4-2-3-5-10-6-8/h8H,2-6H2,1H3. The van der Waals surface area contributed by atoms with Crippen molar-refractivity contribution >= 4 is 5.78 Å². The SMILES string of the molecule is CC(=O)C1CCCCOC1. The van der Waals surface area contributed by atoms with E-state index in [4.69, 9.17) is 4.74 Å². The summed E-state index contributed by atoms with van der Waals surface area (Å²) in [5.41, 5.74) is 0. The first kappa shape index (κ1) is 7.73. The second-order valence-corrected chi connectivity index (χ2v) is 2.88. The number of carbonyl (C=O) groups excluding carboxylic acids is 1. The summed E-state index contributed by atoms with van der Waals surface area (Å²) in [5, 5.41) is 0. The minimum Gasteiger partial charge on any atom is -0.381 e. The van der Waals surface area contributed by atoms with Gasteiger partial charge in [-0.15, -0.1) is 0 Å². The minimum absolute atomic E-state index is 0.183. The lowest BCUT2D eigenvalue weighted by Gasteiger charge is -2.07. The Bertz CT molecular complexity index is 112. The molecule has 1 rings (SSSR count). The molecule has 1 unspecified atom stereocenters. The first-order valence-corrected chi connectivity index (χ1v) is 3.89. The van der Waals surface area contributed by atoms with Gasteiger partial charge in [-0.3, -0.25) is 4.79 Å². The molecule has 1 aliphatic heterocycles. The van der Waals surface area contributed by atoms with Crippen LogP contribution >= 0.6 is 0 Å². The highest BCUT2D eigenvalue weighted by atomic mass is 16.5. The highest BCUT2D eigenvalue weighted by Gasteiger charge is 2.15. The van der Waals surface area contributed by atoms with Gasteiger partial charge in [0, 0.05) is 12.5 Å². The molecule has 0 aromatic heterocycles. The molecule has 2 heteroatoms. The molecule has 0 radical (unpaired) electrons. The Labute approximate surface area is 61.6 Å². The van der Waals surface area contributed by atoms with Gasteiger partial charge in [0.05, 0.1) is 6.61 Å². The van der Waals surface area contributed by atoms with Crippen LogP contribution in [0, 0.1) is 5.92 Å². The highest BCUT2D eigenvalue weighted by Crippen LogP contribution is 2.14. The van der Waals surface area contributed by atoms with E-state index in [1.807, 2.05) is 0 Å². The molecule has 0 bridgehead atoms. The molecule has 0 amide bonds. The number of hydrogen-bond donors (Lipinski definition) is 0. The van der Waals surface area contributed by atoms with E-state index in [1.165, 1.54) is 0 Å². The summed E-state index contributed by atoms with van der Waals surface area (Å²) in [6.45, 7) is 3.14. The van der Waals surface area contributed by atoms with Gasteiger partial charge < -0.3 is 4.74 Å². The zero-order valence-corrected chi connectivity index (χ0v) is 6.43. The molecule has 1 aliphatic rings. The van der Waals surface area contributed by atoms with Crippen molar-refractivity contribution in [2.24, 2.45) is 5.92 Å². The van der Waals surface area contributed by atoms with Gasteiger partial charge in [-0.25, -0.2) is 0 Å². The monoisotopic (exact) mass is 142 g/mol. The van der Waals surface area contributed by atoms with Crippen LogP contribution in [0.1, 0.15) is 26.2 Å². The van der Waals surface area contributed by atoms with Crippen molar-refractivity contribution in [2.75, 3.05) is 13.2 Å². The maximum Gasteiger partial charge on any atom is 0.135 e. The minimum atomic E-state index is 0.183. The average molecular weight is 142 g/mol. The van der Waals surface area contributed by atoms with Gasteiger partial charge in [0.2, 0.25) is 0 Å². The van der Waals surface area contributed by atoms with E-state index < -0.39 is 0 Å². The summed E-state index contributed by atoms with van der Waals surface area (Å²) in [4.78, 5) is 10.9. The molecule has 10 heavy (non-hydrogen) atoms. The summed E-state index contributed by atoms with van der Waals surface area (Å²) in [5.74, 6) is 0.462. The van der Waals surface area contributed by atoms with E-state index >= 15 is 0 Å². The van der Waals surface area contributed by atoms with Crippen LogP contribution in [0.2, 0.25) is 0 Å². The van der Waals surface area contributed by atoms with Crippen molar-refractivity contribution in [3.05, 3.63) is 0 Å². The van der Waals surface area contributed by atoms with Gasteiger partial charge in [-0.1, -0.05) is 6.42 Å². The van der Waals surface area contributed by atoms with Gasteiger partial charge >= 0.3 is 0 Å². The zero-order chi connectivity index (χ0) is 7.40. The fraction of sp³-hybridized carbons (Fsp3) is 0.875. The Morgan fingerprint density at radius 1 is 1.50 bits per heavy atom. The van der Waals surface area contributed by atoms with E-state index in [2.05, 4.69) is 0 Å². The fourth-order valence-corrected chi connectivity index (χ4v) is 1.22. The van der Waals surface area contributed by atoms with E-state index in [1.54, 1.807) is 6.92 Å². The zero-order valence-electron chi connectivity index (χ0n) is 6.43. The van der Waals surface area contributed by atoms with Crippen LogP contribution in [0.3, 0.4) is 0 Å². The maximum absolute atomic E-state index is 10.9. The molecule has 2 nitrogen and oxygen atoms in total. The molecule has 0 aromatic rings. The van der Waals surface area contributed by atoms with E-state index in [-0.39, 0.29) is 11.7 Å². The lowest BCUT2D eigenvalue weighted by molar-refractivity contribution is -0.122.